The Hall–Kier alpha value is -2.75. The van der Waals surface area contributed by atoms with Gasteiger partial charge in [-0.3, -0.25) is 9.80 Å². The Bertz CT molecular complexity index is 1010. The molecule has 3 aliphatic rings. The molecule has 2 aliphatic heterocycles. The van der Waals surface area contributed by atoms with E-state index in [-0.39, 0.29) is 12.6 Å². The predicted octanol–water partition coefficient (Wildman–Crippen LogP) is 3.10. The van der Waals surface area contributed by atoms with E-state index in [0.717, 1.165) is 37.7 Å². The second-order valence-electron chi connectivity index (χ2n) is 10.0. The van der Waals surface area contributed by atoms with Crippen LogP contribution in [0, 0.1) is 5.92 Å². The lowest BCUT2D eigenvalue weighted by atomic mass is 9.96. The van der Waals surface area contributed by atoms with Crippen molar-refractivity contribution in [2.24, 2.45) is 5.92 Å². The molecule has 188 valence electrons. The zero-order chi connectivity index (χ0) is 24.4. The largest absolute Gasteiger partial charge is 0.447 e. The van der Waals surface area contributed by atoms with Gasteiger partial charge in [0, 0.05) is 38.4 Å². The first-order valence-corrected chi connectivity index (χ1v) is 12.8. The van der Waals surface area contributed by atoms with Crippen LogP contribution in [0.25, 0.3) is 0 Å². The summed E-state index contributed by atoms with van der Waals surface area (Å²) in [7, 11) is 0. The summed E-state index contributed by atoms with van der Waals surface area (Å²) < 4.78 is 5.13. The maximum Gasteiger partial charge on any atom is 0.416 e. The molecule has 0 spiro atoms. The number of rotatable bonds is 9. The summed E-state index contributed by atoms with van der Waals surface area (Å²) in [6.45, 7) is 8.19. The number of piperazine rings is 1. The Labute approximate surface area is 206 Å². The number of amides is 1. The Morgan fingerprint density at radius 1 is 1.14 bits per heavy atom. The number of nitrogens with zero attached hydrogens (tertiary/aromatic N) is 4. The topological polar surface area (TPSA) is 103 Å². The number of aromatic nitrogens is 2. The normalized spacial score (nSPS) is 23.6. The van der Waals surface area contributed by atoms with Crippen LogP contribution < -0.4 is 15.5 Å². The molecule has 2 saturated heterocycles. The Morgan fingerprint density at radius 3 is 2.54 bits per heavy atom. The van der Waals surface area contributed by atoms with Gasteiger partial charge in [0.25, 0.3) is 0 Å². The fraction of sp³-hybridized carbons (Fsp3) is 0.577. The van der Waals surface area contributed by atoms with Gasteiger partial charge in [-0.2, -0.15) is 4.98 Å². The standard InChI is InChI=1S/C26H36N6O3/c1-17(29-25-28-10-9-24(30-25)32-23(18(2)33)16-35-26(32)34)20-5-7-21(8-6-20)22(15-19-3-4-19)31-13-11-27-12-14-31/h5-10,17-19,22-23,27,33H,3-4,11-16H2,1-2H3,(H,28,29,30)/t17-,18+,22?,23?/m0/s1. The van der Waals surface area contributed by atoms with Gasteiger partial charge in [0.05, 0.1) is 12.1 Å². The van der Waals surface area contributed by atoms with E-state index in [4.69, 9.17) is 4.74 Å². The van der Waals surface area contributed by atoms with Crippen LogP contribution in [-0.2, 0) is 4.74 Å². The number of hydrogen-bond donors (Lipinski definition) is 3. The second kappa shape index (κ2) is 10.5. The summed E-state index contributed by atoms with van der Waals surface area (Å²) in [5, 5.41) is 16.8. The highest BCUT2D eigenvalue weighted by molar-refractivity contribution is 5.89. The molecular formula is C26H36N6O3. The Morgan fingerprint density at radius 2 is 1.86 bits per heavy atom. The quantitative estimate of drug-likeness (QED) is 0.503. The highest BCUT2D eigenvalue weighted by Gasteiger charge is 2.38. The van der Waals surface area contributed by atoms with Crippen LogP contribution in [0.2, 0.25) is 0 Å². The fourth-order valence-corrected chi connectivity index (χ4v) is 5.05. The van der Waals surface area contributed by atoms with Crippen LogP contribution in [0.15, 0.2) is 36.5 Å². The zero-order valence-electron chi connectivity index (χ0n) is 20.6. The van der Waals surface area contributed by atoms with Crippen molar-refractivity contribution in [2.45, 2.75) is 57.3 Å². The number of aliphatic hydroxyl groups excluding tert-OH is 1. The van der Waals surface area contributed by atoms with Gasteiger partial charge >= 0.3 is 6.09 Å². The van der Waals surface area contributed by atoms with Crippen molar-refractivity contribution >= 4 is 17.9 Å². The van der Waals surface area contributed by atoms with Crippen molar-refractivity contribution in [3.05, 3.63) is 47.7 Å². The predicted molar refractivity (Wildman–Crippen MR) is 134 cm³/mol. The number of ether oxygens (including phenoxy) is 1. The van der Waals surface area contributed by atoms with Crippen molar-refractivity contribution in [1.29, 1.82) is 0 Å². The first-order chi connectivity index (χ1) is 17.0. The van der Waals surface area contributed by atoms with Gasteiger partial charge in [-0.05, 0) is 43.4 Å². The van der Waals surface area contributed by atoms with E-state index in [0.29, 0.717) is 17.8 Å². The molecule has 2 aromatic rings. The van der Waals surface area contributed by atoms with E-state index in [1.54, 1.807) is 19.2 Å². The third-order valence-electron chi connectivity index (χ3n) is 7.36. The molecular weight excluding hydrogens is 444 g/mol. The minimum absolute atomic E-state index is 0.0153. The molecule has 3 heterocycles. The van der Waals surface area contributed by atoms with Gasteiger partial charge in [0.2, 0.25) is 5.95 Å². The molecule has 9 nitrogen and oxygen atoms in total. The zero-order valence-corrected chi connectivity index (χ0v) is 20.6. The summed E-state index contributed by atoms with van der Waals surface area (Å²) in [5.74, 6) is 1.72. The van der Waals surface area contributed by atoms with Crippen molar-refractivity contribution in [1.82, 2.24) is 20.2 Å². The number of anilines is 2. The molecule has 1 aromatic carbocycles. The van der Waals surface area contributed by atoms with Gasteiger partial charge < -0.3 is 20.5 Å². The molecule has 1 aliphatic carbocycles. The van der Waals surface area contributed by atoms with Gasteiger partial charge in [-0.1, -0.05) is 37.1 Å². The van der Waals surface area contributed by atoms with Gasteiger partial charge in [0.15, 0.2) is 0 Å². The third kappa shape index (κ3) is 5.58. The summed E-state index contributed by atoms with van der Waals surface area (Å²) in [4.78, 5) is 25.1. The van der Waals surface area contributed by atoms with Crippen LogP contribution in [0.5, 0.6) is 0 Å². The minimum Gasteiger partial charge on any atom is -0.447 e. The van der Waals surface area contributed by atoms with E-state index in [2.05, 4.69) is 56.7 Å². The lowest BCUT2D eigenvalue weighted by molar-refractivity contribution is 0.142. The van der Waals surface area contributed by atoms with Crippen LogP contribution >= 0.6 is 0 Å². The number of carbonyl (C=O) groups is 1. The molecule has 3 N–H and O–H groups in total. The first kappa shape index (κ1) is 24.0. The molecule has 1 aromatic heterocycles. The van der Waals surface area contributed by atoms with Crippen LogP contribution in [0.4, 0.5) is 16.6 Å². The SMILES string of the molecule is C[C@H](Nc1nccc(N2C(=O)OCC2[C@@H](C)O)n1)c1ccc(C(CC2CC2)N2CCNCC2)cc1. The monoisotopic (exact) mass is 480 g/mol. The molecule has 5 rings (SSSR count). The average Bonchev–Trinajstić information content (AvgIpc) is 3.61. The van der Waals surface area contributed by atoms with Crippen molar-refractivity contribution in [3.8, 4) is 0 Å². The molecule has 0 radical (unpaired) electrons. The van der Waals surface area contributed by atoms with Gasteiger partial charge in [-0.25, -0.2) is 9.78 Å². The molecule has 3 fully saturated rings. The van der Waals surface area contributed by atoms with Crippen molar-refractivity contribution in [3.63, 3.8) is 0 Å². The number of benzene rings is 1. The van der Waals surface area contributed by atoms with Crippen LogP contribution in [0.1, 0.15) is 56.3 Å². The van der Waals surface area contributed by atoms with Crippen LogP contribution in [-0.4, -0.2) is 71.0 Å². The molecule has 0 bridgehead atoms. The Kier molecular flexibility index (Phi) is 7.17. The van der Waals surface area contributed by atoms with Crippen LogP contribution in [0.3, 0.4) is 0 Å². The Balaban J connectivity index is 1.27. The smallest absolute Gasteiger partial charge is 0.416 e. The summed E-state index contributed by atoms with van der Waals surface area (Å²) in [5.41, 5.74) is 2.54. The first-order valence-electron chi connectivity index (χ1n) is 12.8. The molecule has 35 heavy (non-hydrogen) atoms. The van der Waals surface area contributed by atoms with E-state index < -0.39 is 18.2 Å². The molecule has 2 unspecified atom stereocenters. The van der Waals surface area contributed by atoms with E-state index in [1.165, 1.54) is 29.7 Å². The number of cyclic esters (lactones) is 1. The minimum atomic E-state index is -0.727. The third-order valence-corrected chi connectivity index (χ3v) is 7.36. The molecule has 1 amide bonds. The lowest BCUT2D eigenvalue weighted by Gasteiger charge is -2.35. The van der Waals surface area contributed by atoms with E-state index in [9.17, 15) is 9.90 Å². The highest BCUT2D eigenvalue weighted by atomic mass is 16.6. The highest BCUT2D eigenvalue weighted by Crippen LogP contribution is 2.40. The van der Waals surface area contributed by atoms with E-state index >= 15 is 0 Å². The van der Waals surface area contributed by atoms with Gasteiger partial charge in [-0.15, -0.1) is 0 Å². The number of aliphatic hydroxyl groups is 1. The number of nitrogens with one attached hydrogen (secondary N) is 2. The van der Waals surface area contributed by atoms with Crippen molar-refractivity contribution in [2.75, 3.05) is 43.0 Å². The summed E-state index contributed by atoms with van der Waals surface area (Å²) in [6.07, 6.45) is 4.37. The lowest BCUT2D eigenvalue weighted by Crippen LogP contribution is -2.45. The maximum absolute atomic E-state index is 12.2. The summed E-state index contributed by atoms with van der Waals surface area (Å²) >= 11 is 0. The maximum atomic E-state index is 12.2. The number of hydrogen-bond acceptors (Lipinski definition) is 8. The molecule has 9 heteroatoms. The second-order valence-corrected chi connectivity index (χ2v) is 10.0. The van der Waals surface area contributed by atoms with E-state index in [1.807, 2.05) is 0 Å². The van der Waals surface area contributed by atoms with Gasteiger partial charge in [0.1, 0.15) is 18.5 Å². The molecule has 4 atom stereocenters. The molecule has 1 saturated carbocycles. The fourth-order valence-electron chi connectivity index (χ4n) is 5.05. The average molecular weight is 481 g/mol. The summed E-state index contributed by atoms with van der Waals surface area (Å²) in [6, 6.07) is 10.6. The van der Waals surface area contributed by atoms with Crippen molar-refractivity contribution < 1.29 is 14.6 Å². The number of carbonyl (C=O) groups excluding carboxylic acids is 1.